The highest BCUT2D eigenvalue weighted by molar-refractivity contribution is 14.1. The van der Waals surface area contributed by atoms with Gasteiger partial charge in [0.05, 0.1) is 0 Å². The molecule has 3 aromatic rings. The van der Waals surface area contributed by atoms with Crippen molar-refractivity contribution < 1.29 is 9.47 Å². The Morgan fingerprint density at radius 1 is 0.900 bits per heavy atom. The fourth-order valence-corrected chi connectivity index (χ4v) is 3.33. The van der Waals surface area contributed by atoms with Crippen LogP contribution in [-0.2, 0) is 0 Å². The van der Waals surface area contributed by atoms with Crippen molar-refractivity contribution in [1.82, 2.24) is 0 Å². The van der Waals surface area contributed by atoms with Crippen LogP contribution in [0.25, 0.3) is 21.9 Å². The summed E-state index contributed by atoms with van der Waals surface area (Å²) in [6.07, 6.45) is 0. The lowest BCUT2D eigenvalue weighted by Crippen LogP contribution is -1.93. The van der Waals surface area contributed by atoms with E-state index in [1.54, 1.807) is 0 Å². The van der Waals surface area contributed by atoms with Crippen LogP contribution in [0.4, 0.5) is 0 Å². The number of hydrogen-bond donors (Lipinski definition) is 0. The summed E-state index contributed by atoms with van der Waals surface area (Å²) in [5.41, 5.74) is 2.48. The van der Waals surface area contributed by atoms with Crippen molar-refractivity contribution in [1.29, 1.82) is 0 Å². The lowest BCUT2D eigenvalue weighted by molar-refractivity contribution is 0.175. The monoisotopic (exact) mass is 374 g/mol. The van der Waals surface area contributed by atoms with Crippen LogP contribution in [0.1, 0.15) is 0 Å². The molecule has 1 heterocycles. The summed E-state index contributed by atoms with van der Waals surface area (Å²) in [5.74, 6) is 1.70. The second-order valence-corrected chi connectivity index (χ2v) is 5.88. The largest absolute Gasteiger partial charge is 0.454 e. The maximum Gasteiger partial charge on any atom is 0.231 e. The first-order valence-electron chi connectivity index (χ1n) is 6.40. The van der Waals surface area contributed by atoms with Crippen LogP contribution in [-0.4, -0.2) is 6.79 Å². The minimum absolute atomic E-state index is 0.311. The smallest absolute Gasteiger partial charge is 0.231 e. The molecular formula is C17H11IO2. The van der Waals surface area contributed by atoms with Gasteiger partial charge in [0.25, 0.3) is 0 Å². The van der Waals surface area contributed by atoms with Crippen LogP contribution >= 0.6 is 22.6 Å². The normalized spacial score (nSPS) is 12.8. The summed E-state index contributed by atoms with van der Waals surface area (Å²) in [6.45, 7) is 0.311. The van der Waals surface area contributed by atoms with Gasteiger partial charge in [-0.1, -0.05) is 36.4 Å². The molecule has 20 heavy (non-hydrogen) atoms. The Labute approximate surface area is 130 Å². The average molecular weight is 374 g/mol. The summed E-state index contributed by atoms with van der Waals surface area (Å²) in [7, 11) is 0. The minimum Gasteiger partial charge on any atom is -0.454 e. The zero-order valence-corrected chi connectivity index (χ0v) is 12.8. The number of ether oxygens (including phenoxy) is 2. The highest BCUT2D eigenvalue weighted by Gasteiger charge is 2.17. The van der Waals surface area contributed by atoms with Gasteiger partial charge in [0, 0.05) is 8.96 Å². The maximum atomic E-state index is 5.59. The van der Waals surface area contributed by atoms with Crippen molar-refractivity contribution in [2.45, 2.75) is 0 Å². The zero-order valence-electron chi connectivity index (χ0n) is 10.6. The third kappa shape index (κ3) is 1.85. The third-order valence-corrected chi connectivity index (χ3v) is 4.42. The van der Waals surface area contributed by atoms with Crippen molar-refractivity contribution in [3.63, 3.8) is 0 Å². The van der Waals surface area contributed by atoms with Gasteiger partial charge >= 0.3 is 0 Å². The number of rotatable bonds is 1. The summed E-state index contributed by atoms with van der Waals surface area (Å²) in [6, 6.07) is 18.9. The minimum atomic E-state index is 0.311. The standard InChI is InChI=1S/C17H11IO2/c18-15-9-14-12(6-7-16-17(14)20-10-19-16)8-13(15)11-4-2-1-3-5-11/h1-9H,10H2. The van der Waals surface area contributed by atoms with E-state index >= 15 is 0 Å². The van der Waals surface area contributed by atoms with Crippen molar-refractivity contribution in [3.05, 3.63) is 58.2 Å². The molecule has 0 saturated heterocycles. The molecule has 4 rings (SSSR count). The summed E-state index contributed by atoms with van der Waals surface area (Å²) in [4.78, 5) is 0. The molecule has 0 atom stereocenters. The summed E-state index contributed by atoms with van der Waals surface area (Å²) < 4.78 is 12.2. The first-order valence-corrected chi connectivity index (χ1v) is 7.48. The van der Waals surface area contributed by atoms with E-state index in [-0.39, 0.29) is 0 Å². The molecule has 1 aliphatic heterocycles. The molecule has 0 spiro atoms. The van der Waals surface area contributed by atoms with E-state index in [1.807, 2.05) is 12.1 Å². The zero-order chi connectivity index (χ0) is 13.5. The van der Waals surface area contributed by atoms with E-state index in [2.05, 4.69) is 65.1 Å². The lowest BCUT2D eigenvalue weighted by atomic mass is 10.0. The second-order valence-electron chi connectivity index (χ2n) is 4.72. The van der Waals surface area contributed by atoms with Crippen LogP contribution in [0.3, 0.4) is 0 Å². The molecule has 0 aromatic heterocycles. The molecule has 0 fully saturated rings. The van der Waals surface area contributed by atoms with E-state index in [0.717, 1.165) is 16.9 Å². The fraction of sp³-hybridized carbons (Fsp3) is 0.0588. The lowest BCUT2D eigenvalue weighted by Gasteiger charge is -2.09. The second kappa shape index (κ2) is 4.66. The van der Waals surface area contributed by atoms with Gasteiger partial charge in [-0.15, -0.1) is 0 Å². The molecule has 3 aromatic carbocycles. The predicted molar refractivity (Wildman–Crippen MR) is 88.2 cm³/mol. The Balaban J connectivity index is 1.98. The van der Waals surface area contributed by atoms with Gasteiger partial charge < -0.3 is 9.47 Å². The molecule has 0 unspecified atom stereocenters. The fourth-order valence-electron chi connectivity index (χ4n) is 2.55. The molecular weight excluding hydrogens is 363 g/mol. The van der Waals surface area contributed by atoms with E-state index in [9.17, 15) is 0 Å². The Bertz CT molecular complexity index is 797. The first kappa shape index (κ1) is 12.0. The van der Waals surface area contributed by atoms with Gasteiger partial charge in [0.1, 0.15) is 0 Å². The molecule has 0 N–H and O–H groups in total. The van der Waals surface area contributed by atoms with Gasteiger partial charge in [-0.05, 0) is 57.3 Å². The van der Waals surface area contributed by atoms with Crippen LogP contribution < -0.4 is 9.47 Å². The van der Waals surface area contributed by atoms with Crippen LogP contribution in [0.15, 0.2) is 54.6 Å². The van der Waals surface area contributed by atoms with Crippen molar-refractivity contribution in [2.75, 3.05) is 6.79 Å². The predicted octanol–water partition coefficient (Wildman–Crippen LogP) is 4.84. The van der Waals surface area contributed by atoms with Crippen LogP contribution in [0, 0.1) is 3.57 Å². The van der Waals surface area contributed by atoms with Crippen LogP contribution in [0.2, 0.25) is 0 Å². The van der Waals surface area contributed by atoms with E-state index in [1.165, 1.54) is 20.1 Å². The van der Waals surface area contributed by atoms with E-state index < -0.39 is 0 Å². The Morgan fingerprint density at radius 3 is 2.60 bits per heavy atom. The molecule has 3 heteroatoms. The highest BCUT2D eigenvalue weighted by Crippen LogP contribution is 2.41. The van der Waals surface area contributed by atoms with Crippen molar-refractivity contribution in [2.24, 2.45) is 0 Å². The molecule has 0 saturated carbocycles. The number of hydrogen-bond acceptors (Lipinski definition) is 2. The Hall–Kier alpha value is -1.75. The molecule has 0 bridgehead atoms. The first-order chi connectivity index (χ1) is 9.83. The van der Waals surface area contributed by atoms with Gasteiger partial charge in [0.15, 0.2) is 11.5 Å². The molecule has 0 amide bonds. The number of fused-ring (bicyclic) bond motifs is 3. The molecule has 1 aliphatic rings. The van der Waals surface area contributed by atoms with Crippen LogP contribution in [0.5, 0.6) is 11.5 Å². The third-order valence-electron chi connectivity index (χ3n) is 3.52. The van der Waals surface area contributed by atoms with Crippen molar-refractivity contribution in [3.8, 4) is 22.6 Å². The average Bonchev–Trinajstić information content (AvgIpc) is 2.96. The van der Waals surface area contributed by atoms with E-state index in [0.29, 0.717) is 6.79 Å². The summed E-state index contributed by atoms with van der Waals surface area (Å²) in [5, 5.41) is 2.29. The quantitative estimate of drug-likeness (QED) is 0.568. The van der Waals surface area contributed by atoms with Gasteiger partial charge in [-0.2, -0.15) is 0 Å². The summed E-state index contributed by atoms with van der Waals surface area (Å²) >= 11 is 2.38. The Kier molecular flexibility index (Phi) is 2.80. The van der Waals surface area contributed by atoms with E-state index in [4.69, 9.17) is 9.47 Å². The van der Waals surface area contributed by atoms with Crippen molar-refractivity contribution >= 4 is 33.4 Å². The number of benzene rings is 3. The topological polar surface area (TPSA) is 18.5 Å². The number of halogens is 1. The SMILES string of the molecule is Ic1cc2c3c(ccc2cc1-c1ccccc1)OCO3. The Morgan fingerprint density at radius 2 is 1.75 bits per heavy atom. The molecule has 0 aliphatic carbocycles. The molecule has 98 valence electrons. The van der Waals surface area contributed by atoms with Gasteiger partial charge in [-0.25, -0.2) is 0 Å². The van der Waals surface area contributed by atoms with Gasteiger partial charge in [-0.3, -0.25) is 0 Å². The maximum absolute atomic E-state index is 5.59. The molecule has 0 radical (unpaired) electrons. The van der Waals surface area contributed by atoms with Gasteiger partial charge in [0.2, 0.25) is 6.79 Å². The highest BCUT2D eigenvalue weighted by atomic mass is 127. The molecule has 2 nitrogen and oxygen atoms in total.